The molecule has 0 aliphatic heterocycles. The Morgan fingerprint density at radius 1 is 0.967 bits per heavy atom. The van der Waals surface area contributed by atoms with Crippen molar-refractivity contribution in [2.45, 2.75) is 20.5 Å². The largest absolute Gasteiger partial charge is 0.489 e. The summed E-state index contributed by atoms with van der Waals surface area (Å²) in [6.45, 7) is 4.21. The van der Waals surface area contributed by atoms with Gasteiger partial charge in [-0.1, -0.05) is 18.2 Å². The lowest BCUT2D eigenvalue weighted by Gasteiger charge is -2.15. The maximum atomic E-state index is 12.3. The molecule has 0 bridgehead atoms. The third kappa shape index (κ3) is 3.93. The lowest BCUT2D eigenvalue weighted by atomic mass is 10.1. The lowest BCUT2D eigenvalue weighted by Crippen LogP contribution is -2.23. The zero-order valence-electron chi connectivity index (χ0n) is 16.9. The van der Waals surface area contributed by atoms with Crippen LogP contribution in [0.15, 0.2) is 65.6 Å². The second-order valence-corrected chi connectivity index (χ2v) is 6.86. The van der Waals surface area contributed by atoms with Crippen molar-refractivity contribution < 1.29 is 9.47 Å². The highest BCUT2D eigenvalue weighted by atomic mass is 16.5. The van der Waals surface area contributed by atoms with Gasteiger partial charge >= 0.3 is 5.69 Å². The Bertz CT molecular complexity index is 1230. The number of aryl methyl sites for hydroxylation is 3. The van der Waals surface area contributed by atoms with Gasteiger partial charge in [0, 0.05) is 24.9 Å². The first-order valence-corrected chi connectivity index (χ1v) is 9.43. The fraction of sp³-hybridized carbons (Fsp3) is 0.182. The molecule has 0 N–H and O–H groups in total. The van der Waals surface area contributed by atoms with Gasteiger partial charge in [0.25, 0.3) is 0 Å². The average Bonchev–Trinajstić information content (AvgIpc) is 3.07. The van der Waals surface area contributed by atoms with E-state index in [1.807, 2.05) is 62.4 Å². The molecule has 0 unspecified atom stereocenters. The molecule has 152 valence electrons. The number of pyridine rings is 1. The molecule has 2 heterocycles. The Morgan fingerprint density at radius 2 is 1.83 bits per heavy atom. The van der Waals surface area contributed by atoms with Crippen LogP contribution in [0.1, 0.15) is 16.7 Å². The van der Waals surface area contributed by atoms with Crippen LogP contribution in [0, 0.1) is 13.8 Å². The second kappa shape index (κ2) is 8.20. The number of rotatable bonds is 6. The summed E-state index contributed by atoms with van der Waals surface area (Å²) in [7, 11) is 1.57. The van der Waals surface area contributed by atoms with Gasteiger partial charge in [0.05, 0.1) is 5.69 Å². The molecular formula is C22H21N5O3. The van der Waals surface area contributed by atoms with E-state index >= 15 is 0 Å². The van der Waals surface area contributed by atoms with Crippen molar-refractivity contribution in [3.05, 3.63) is 88.0 Å². The highest BCUT2D eigenvalue weighted by Gasteiger charge is 2.14. The molecule has 8 heteroatoms. The van der Waals surface area contributed by atoms with Crippen molar-refractivity contribution in [2.24, 2.45) is 7.05 Å². The normalized spacial score (nSPS) is 10.8. The van der Waals surface area contributed by atoms with Gasteiger partial charge < -0.3 is 9.47 Å². The van der Waals surface area contributed by atoms with Gasteiger partial charge in [0.2, 0.25) is 5.88 Å². The quantitative estimate of drug-likeness (QED) is 0.491. The van der Waals surface area contributed by atoms with E-state index in [1.54, 1.807) is 19.3 Å². The van der Waals surface area contributed by atoms with E-state index in [1.165, 1.54) is 9.36 Å². The molecule has 0 spiro atoms. The Hall–Kier alpha value is -3.94. The number of aromatic nitrogens is 5. The standard InChI is InChI=1S/C22H21N5O3/c1-15-7-6-8-19(27-22(28)26(3)24-25-27)18(15)14-29-20-11-10-17(13-16(20)2)30-21-9-4-5-12-23-21/h4-13H,14H2,1-3H3. The fourth-order valence-corrected chi connectivity index (χ4v) is 3.06. The molecule has 0 amide bonds. The van der Waals surface area contributed by atoms with Gasteiger partial charge in [-0.25, -0.2) is 9.78 Å². The average molecular weight is 403 g/mol. The van der Waals surface area contributed by atoms with E-state index in [2.05, 4.69) is 15.4 Å². The minimum atomic E-state index is -0.311. The van der Waals surface area contributed by atoms with Crippen LogP contribution >= 0.6 is 0 Å². The molecule has 0 aliphatic carbocycles. The third-order valence-corrected chi connectivity index (χ3v) is 4.71. The van der Waals surface area contributed by atoms with Crippen molar-refractivity contribution in [2.75, 3.05) is 0 Å². The van der Waals surface area contributed by atoms with Crippen molar-refractivity contribution in [3.63, 3.8) is 0 Å². The maximum Gasteiger partial charge on any atom is 0.368 e. The molecule has 4 aromatic rings. The van der Waals surface area contributed by atoms with Gasteiger partial charge in [-0.2, -0.15) is 9.36 Å². The molecule has 2 aromatic heterocycles. The molecule has 0 atom stereocenters. The first kappa shape index (κ1) is 19.4. The summed E-state index contributed by atoms with van der Waals surface area (Å²) in [6.07, 6.45) is 1.68. The fourth-order valence-electron chi connectivity index (χ4n) is 3.06. The van der Waals surface area contributed by atoms with Crippen molar-refractivity contribution in [3.8, 4) is 23.1 Å². The number of nitrogens with zero attached hydrogens (tertiary/aromatic N) is 5. The highest BCUT2D eigenvalue weighted by Crippen LogP contribution is 2.28. The van der Waals surface area contributed by atoms with E-state index in [4.69, 9.17) is 9.47 Å². The Kier molecular flexibility index (Phi) is 5.30. The van der Waals surface area contributed by atoms with E-state index in [-0.39, 0.29) is 12.3 Å². The molecule has 0 aliphatic rings. The maximum absolute atomic E-state index is 12.3. The van der Waals surface area contributed by atoms with Crippen LogP contribution in [0.3, 0.4) is 0 Å². The van der Waals surface area contributed by atoms with E-state index in [0.717, 1.165) is 22.4 Å². The smallest absolute Gasteiger partial charge is 0.368 e. The van der Waals surface area contributed by atoms with Gasteiger partial charge in [-0.15, -0.1) is 0 Å². The number of benzene rings is 2. The first-order valence-electron chi connectivity index (χ1n) is 9.43. The number of ether oxygens (including phenoxy) is 2. The summed E-state index contributed by atoms with van der Waals surface area (Å²) in [5.74, 6) is 1.94. The number of hydrogen-bond acceptors (Lipinski definition) is 6. The molecule has 4 rings (SSSR count). The first-order chi connectivity index (χ1) is 14.5. The van der Waals surface area contributed by atoms with Gasteiger partial charge in [-0.3, -0.25) is 0 Å². The van der Waals surface area contributed by atoms with Crippen LogP contribution in [0.25, 0.3) is 5.69 Å². The SMILES string of the molecule is Cc1cc(Oc2ccccn2)ccc1OCc1c(C)cccc1-n1nnn(C)c1=O. The number of hydrogen-bond donors (Lipinski definition) is 0. The van der Waals surface area contributed by atoms with Crippen LogP contribution in [0.5, 0.6) is 17.4 Å². The summed E-state index contributed by atoms with van der Waals surface area (Å²) in [4.78, 5) is 16.5. The Balaban J connectivity index is 1.55. The van der Waals surface area contributed by atoms with E-state index in [0.29, 0.717) is 17.3 Å². The van der Waals surface area contributed by atoms with Crippen LogP contribution in [-0.2, 0) is 13.7 Å². The summed E-state index contributed by atoms with van der Waals surface area (Å²) in [6, 6.07) is 16.8. The molecule has 8 nitrogen and oxygen atoms in total. The summed E-state index contributed by atoms with van der Waals surface area (Å²) >= 11 is 0. The predicted octanol–water partition coefficient (Wildman–Crippen LogP) is 3.35. The Labute approximate surface area is 173 Å². The lowest BCUT2D eigenvalue weighted by molar-refractivity contribution is 0.302. The van der Waals surface area contributed by atoms with Crippen LogP contribution in [0.4, 0.5) is 0 Å². The predicted molar refractivity (Wildman–Crippen MR) is 111 cm³/mol. The highest BCUT2D eigenvalue weighted by molar-refractivity contribution is 5.45. The Morgan fingerprint density at radius 3 is 2.53 bits per heavy atom. The molecule has 0 saturated carbocycles. The van der Waals surface area contributed by atoms with Crippen LogP contribution in [0.2, 0.25) is 0 Å². The van der Waals surface area contributed by atoms with Gasteiger partial charge in [0.15, 0.2) is 0 Å². The van der Waals surface area contributed by atoms with E-state index < -0.39 is 0 Å². The molecule has 30 heavy (non-hydrogen) atoms. The molecule has 0 saturated heterocycles. The van der Waals surface area contributed by atoms with Crippen molar-refractivity contribution >= 4 is 0 Å². The number of tetrazole rings is 1. The zero-order valence-corrected chi connectivity index (χ0v) is 16.9. The summed E-state index contributed by atoms with van der Waals surface area (Å²) < 4.78 is 14.3. The van der Waals surface area contributed by atoms with Crippen LogP contribution < -0.4 is 15.2 Å². The van der Waals surface area contributed by atoms with Crippen LogP contribution in [-0.4, -0.2) is 24.8 Å². The minimum absolute atomic E-state index is 0.284. The second-order valence-electron chi connectivity index (χ2n) is 6.86. The van der Waals surface area contributed by atoms with Gasteiger partial charge in [-0.05, 0) is 65.7 Å². The minimum Gasteiger partial charge on any atom is -0.489 e. The topological polar surface area (TPSA) is 84.1 Å². The summed E-state index contributed by atoms with van der Waals surface area (Å²) in [5.41, 5.74) is 3.14. The zero-order chi connectivity index (χ0) is 21.1. The van der Waals surface area contributed by atoms with E-state index in [9.17, 15) is 4.79 Å². The summed E-state index contributed by atoms with van der Waals surface area (Å²) in [5, 5.41) is 7.75. The molecular weight excluding hydrogens is 382 g/mol. The third-order valence-electron chi connectivity index (χ3n) is 4.71. The molecule has 2 aromatic carbocycles. The monoisotopic (exact) mass is 403 g/mol. The van der Waals surface area contributed by atoms with Crippen molar-refractivity contribution in [1.82, 2.24) is 24.8 Å². The van der Waals surface area contributed by atoms with Gasteiger partial charge in [0.1, 0.15) is 18.1 Å². The molecule has 0 fully saturated rings. The van der Waals surface area contributed by atoms with Crippen molar-refractivity contribution in [1.29, 1.82) is 0 Å². The molecule has 0 radical (unpaired) electrons.